The number of unbranched alkanes of at least 4 members (excludes halogenated alkanes) is 2. The Hall–Kier alpha value is -0.0800. The van der Waals surface area contributed by atoms with E-state index < -0.39 is 0 Å². The molecule has 0 bridgehead atoms. The van der Waals surface area contributed by atoms with Gasteiger partial charge in [0.1, 0.15) is 0 Å². The van der Waals surface area contributed by atoms with Crippen molar-refractivity contribution in [3.63, 3.8) is 0 Å². The Labute approximate surface area is 69.5 Å². The predicted molar refractivity (Wildman–Crippen MR) is 46.5 cm³/mol. The van der Waals surface area contributed by atoms with E-state index in [9.17, 15) is 0 Å². The first-order valence-electron chi connectivity index (χ1n) is 4.53. The summed E-state index contributed by atoms with van der Waals surface area (Å²) in [4.78, 5) is 2.47. The maximum absolute atomic E-state index is 5.25. The topological polar surface area (TPSA) is 12.5 Å². The first kappa shape index (κ1) is 9.01. The highest BCUT2D eigenvalue weighted by atomic mass is 16.5. The molecule has 0 aromatic carbocycles. The maximum atomic E-state index is 5.25. The van der Waals surface area contributed by atoms with Gasteiger partial charge in [-0.1, -0.05) is 19.8 Å². The Morgan fingerprint density at radius 2 is 1.91 bits per heavy atom. The van der Waals surface area contributed by atoms with Gasteiger partial charge in [-0.25, -0.2) is 0 Å². The summed E-state index contributed by atoms with van der Waals surface area (Å²) in [5.74, 6) is 0. The summed E-state index contributed by atoms with van der Waals surface area (Å²) in [6.45, 7) is 9.15. The lowest BCUT2D eigenvalue weighted by Crippen LogP contribution is -2.36. The second-order valence-electron chi connectivity index (χ2n) is 3.01. The zero-order valence-corrected chi connectivity index (χ0v) is 7.22. The van der Waals surface area contributed by atoms with Gasteiger partial charge in [0.2, 0.25) is 0 Å². The van der Waals surface area contributed by atoms with E-state index >= 15 is 0 Å². The van der Waals surface area contributed by atoms with Crippen molar-refractivity contribution in [2.45, 2.75) is 19.3 Å². The lowest BCUT2D eigenvalue weighted by Gasteiger charge is -2.26. The summed E-state index contributed by atoms with van der Waals surface area (Å²) in [5, 5.41) is 0. The Kier molecular flexibility index (Phi) is 4.55. The van der Waals surface area contributed by atoms with Crippen LogP contribution in [0, 0.1) is 6.92 Å². The SMILES string of the molecule is [CH2]CCCCN1CCOCC1. The minimum atomic E-state index is 0.921. The highest BCUT2D eigenvalue weighted by Gasteiger charge is 2.08. The van der Waals surface area contributed by atoms with Gasteiger partial charge >= 0.3 is 0 Å². The minimum Gasteiger partial charge on any atom is -0.379 e. The fraction of sp³-hybridized carbons (Fsp3) is 0.889. The molecular weight excluding hydrogens is 138 g/mol. The molecule has 0 aromatic heterocycles. The monoisotopic (exact) mass is 156 g/mol. The molecule has 1 fully saturated rings. The standard InChI is InChI=1S/C9H18NO/c1-2-3-4-5-10-6-8-11-9-7-10/h1-9H2. The van der Waals surface area contributed by atoms with Crippen LogP contribution in [0.5, 0.6) is 0 Å². The van der Waals surface area contributed by atoms with E-state index in [-0.39, 0.29) is 0 Å². The van der Waals surface area contributed by atoms with Crippen LogP contribution in [0.2, 0.25) is 0 Å². The largest absolute Gasteiger partial charge is 0.379 e. The molecule has 0 spiro atoms. The van der Waals surface area contributed by atoms with E-state index in [0.717, 1.165) is 32.7 Å². The van der Waals surface area contributed by atoms with Crippen molar-refractivity contribution in [3.05, 3.63) is 6.92 Å². The van der Waals surface area contributed by atoms with Gasteiger partial charge in [0.25, 0.3) is 0 Å². The molecular formula is C9H18NO. The Morgan fingerprint density at radius 1 is 1.18 bits per heavy atom. The second kappa shape index (κ2) is 5.56. The average Bonchev–Trinajstić information content (AvgIpc) is 2.07. The number of hydrogen-bond donors (Lipinski definition) is 0. The fourth-order valence-corrected chi connectivity index (χ4v) is 1.34. The van der Waals surface area contributed by atoms with Crippen LogP contribution < -0.4 is 0 Å². The van der Waals surface area contributed by atoms with Gasteiger partial charge in [0.05, 0.1) is 13.2 Å². The first-order chi connectivity index (χ1) is 5.43. The molecule has 0 atom stereocenters. The fourth-order valence-electron chi connectivity index (χ4n) is 1.34. The third-order valence-electron chi connectivity index (χ3n) is 2.08. The van der Waals surface area contributed by atoms with Crippen LogP contribution in [0.3, 0.4) is 0 Å². The summed E-state index contributed by atoms with van der Waals surface area (Å²) in [6.07, 6.45) is 3.63. The van der Waals surface area contributed by atoms with Crippen LogP contribution in [-0.4, -0.2) is 37.7 Å². The lowest BCUT2D eigenvalue weighted by molar-refractivity contribution is 0.0372. The van der Waals surface area contributed by atoms with Gasteiger partial charge in [-0.05, 0) is 13.0 Å². The summed E-state index contributed by atoms with van der Waals surface area (Å²) in [6, 6.07) is 0. The molecule has 0 aliphatic carbocycles. The lowest BCUT2D eigenvalue weighted by atomic mass is 10.2. The molecule has 1 aliphatic heterocycles. The Balaban J connectivity index is 1.96. The molecule has 1 radical (unpaired) electrons. The van der Waals surface area contributed by atoms with E-state index in [1.807, 2.05) is 0 Å². The summed E-state index contributed by atoms with van der Waals surface area (Å²) in [7, 11) is 0. The minimum absolute atomic E-state index is 0.921. The molecule has 0 N–H and O–H groups in total. The average molecular weight is 156 g/mol. The van der Waals surface area contributed by atoms with E-state index in [1.54, 1.807) is 0 Å². The highest BCUT2D eigenvalue weighted by molar-refractivity contribution is 4.61. The van der Waals surface area contributed by atoms with Crippen LogP contribution in [0.25, 0.3) is 0 Å². The molecule has 1 heterocycles. The number of rotatable bonds is 4. The van der Waals surface area contributed by atoms with Gasteiger partial charge in [-0.15, -0.1) is 0 Å². The predicted octanol–water partition coefficient (Wildman–Crippen LogP) is 1.32. The molecule has 11 heavy (non-hydrogen) atoms. The second-order valence-corrected chi connectivity index (χ2v) is 3.01. The van der Waals surface area contributed by atoms with Crippen molar-refractivity contribution in [2.24, 2.45) is 0 Å². The molecule has 65 valence electrons. The number of ether oxygens (including phenoxy) is 1. The molecule has 0 unspecified atom stereocenters. The van der Waals surface area contributed by atoms with Crippen LogP contribution in [-0.2, 0) is 4.74 Å². The number of nitrogens with zero attached hydrogens (tertiary/aromatic N) is 1. The maximum Gasteiger partial charge on any atom is 0.0594 e. The molecule has 0 saturated carbocycles. The van der Waals surface area contributed by atoms with Gasteiger partial charge in [-0.3, -0.25) is 4.90 Å². The van der Waals surface area contributed by atoms with E-state index in [4.69, 9.17) is 4.74 Å². The summed E-state index contributed by atoms with van der Waals surface area (Å²) >= 11 is 0. The zero-order valence-electron chi connectivity index (χ0n) is 7.22. The van der Waals surface area contributed by atoms with Crippen LogP contribution in [0.1, 0.15) is 19.3 Å². The van der Waals surface area contributed by atoms with Gasteiger partial charge in [0.15, 0.2) is 0 Å². The molecule has 2 heteroatoms. The Morgan fingerprint density at radius 3 is 2.55 bits per heavy atom. The molecule has 0 aromatic rings. The first-order valence-corrected chi connectivity index (χ1v) is 4.53. The summed E-state index contributed by atoms with van der Waals surface area (Å²) in [5.41, 5.74) is 0. The van der Waals surface area contributed by atoms with Gasteiger partial charge in [-0.2, -0.15) is 0 Å². The Bertz CT molecular complexity index is 89.6. The third-order valence-corrected chi connectivity index (χ3v) is 2.08. The number of hydrogen-bond acceptors (Lipinski definition) is 2. The van der Waals surface area contributed by atoms with E-state index in [2.05, 4.69) is 11.8 Å². The van der Waals surface area contributed by atoms with Crippen LogP contribution >= 0.6 is 0 Å². The van der Waals surface area contributed by atoms with Crippen molar-refractivity contribution < 1.29 is 4.74 Å². The normalized spacial score (nSPS) is 20.5. The van der Waals surface area contributed by atoms with Crippen molar-refractivity contribution in [1.82, 2.24) is 4.90 Å². The van der Waals surface area contributed by atoms with Gasteiger partial charge < -0.3 is 4.74 Å². The van der Waals surface area contributed by atoms with Gasteiger partial charge in [0, 0.05) is 13.1 Å². The zero-order chi connectivity index (χ0) is 7.94. The number of morpholine rings is 1. The van der Waals surface area contributed by atoms with E-state index in [1.165, 1.54) is 19.4 Å². The van der Waals surface area contributed by atoms with Crippen molar-refractivity contribution in [1.29, 1.82) is 0 Å². The van der Waals surface area contributed by atoms with Crippen LogP contribution in [0.4, 0.5) is 0 Å². The molecule has 0 amide bonds. The highest BCUT2D eigenvalue weighted by Crippen LogP contribution is 2.00. The van der Waals surface area contributed by atoms with Crippen molar-refractivity contribution >= 4 is 0 Å². The van der Waals surface area contributed by atoms with Crippen LogP contribution in [0.15, 0.2) is 0 Å². The molecule has 1 rings (SSSR count). The van der Waals surface area contributed by atoms with Crippen molar-refractivity contribution in [2.75, 3.05) is 32.8 Å². The summed E-state index contributed by atoms with van der Waals surface area (Å²) < 4.78 is 5.25. The molecule has 1 saturated heterocycles. The quantitative estimate of drug-likeness (QED) is 0.569. The van der Waals surface area contributed by atoms with E-state index in [0.29, 0.717) is 0 Å². The molecule has 1 aliphatic rings. The van der Waals surface area contributed by atoms with Crippen molar-refractivity contribution in [3.8, 4) is 0 Å². The molecule has 2 nitrogen and oxygen atoms in total. The smallest absolute Gasteiger partial charge is 0.0594 e. The third kappa shape index (κ3) is 3.73.